The molecule has 3 rings (SSSR count). The molecule has 4 heteroatoms. The molecule has 4 nitrogen and oxygen atoms in total. The van der Waals surface area contributed by atoms with Crippen molar-refractivity contribution in [1.82, 2.24) is 9.72 Å². The summed E-state index contributed by atoms with van der Waals surface area (Å²) in [7, 11) is 0. The minimum atomic E-state index is 0.269. The molecule has 0 spiro atoms. The maximum Gasteiger partial charge on any atom is 0.164 e. The van der Waals surface area contributed by atoms with E-state index in [1.165, 1.54) is 0 Å². The maximum atomic E-state index is 11.8. The Kier molecular flexibility index (Phi) is 2.35. The average Bonchev–Trinajstić information content (AvgIpc) is 2.91. The molecule has 2 aromatic rings. The normalized spacial score (nSPS) is 15.0. The molecule has 0 atom stereocenters. The second kappa shape index (κ2) is 3.87. The van der Waals surface area contributed by atoms with Gasteiger partial charge in [-0.3, -0.25) is 4.79 Å². The van der Waals surface area contributed by atoms with Gasteiger partial charge in [0.25, 0.3) is 0 Å². The third kappa shape index (κ3) is 1.69. The number of hydrogen-bond donors (Lipinski definition) is 0. The highest BCUT2D eigenvalue weighted by molar-refractivity contribution is 5.98. The van der Waals surface area contributed by atoms with Crippen LogP contribution < -0.4 is 0 Å². The molecule has 0 aliphatic heterocycles. The largest absolute Gasteiger partial charge is 0.359 e. The molecule has 1 aliphatic rings. The second-order valence-corrected chi connectivity index (χ2v) is 4.49. The SMILES string of the molecule is Cc1cc2c(n1Cc1ccno1)CCCC2=O. The van der Waals surface area contributed by atoms with Crippen molar-refractivity contribution in [2.45, 2.75) is 32.7 Å². The maximum absolute atomic E-state index is 11.8. The summed E-state index contributed by atoms with van der Waals surface area (Å²) >= 11 is 0. The molecule has 0 unspecified atom stereocenters. The quantitative estimate of drug-likeness (QED) is 0.795. The lowest BCUT2D eigenvalue weighted by Crippen LogP contribution is -2.14. The molecule has 0 amide bonds. The number of fused-ring (bicyclic) bond motifs is 1. The predicted octanol–water partition coefficient (Wildman–Crippen LogP) is 2.35. The summed E-state index contributed by atoms with van der Waals surface area (Å²) in [5.41, 5.74) is 3.16. The number of aryl methyl sites for hydroxylation is 1. The molecule has 0 aromatic carbocycles. The Bertz CT molecular complexity index is 552. The molecule has 0 saturated heterocycles. The van der Waals surface area contributed by atoms with Crippen molar-refractivity contribution in [3.63, 3.8) is 0 Å². The zero-order valence-corrected chi connectivity index (χ0v) is 9.77. The highest BCUT2D eigenvalue weighted by atomic mass is 16.5. The van der Waals surface area contributed by atoms with Gasteiger partial charge in [-0.2, -0.15) is 0 Å². The smallest absolute Gasteiger partial charge is 0.164 e. The van der Waals surface area contributed by atoms with Crippen LogP contribution in [0.3, 0.4) is 0 Å². The predicted molar refractivity (Wildman–Crippen MR) is 62.0 cm³/mol. The van der Waals surface area contributed by atoms with Crippen LogP contribution in [0.15, 0.2) is 22.9 Å². The van der Waals surface area contributed by atoms with Crippen LogP contribution in [0.25, 0.3) is 0 Å². The van der Waals surface area contributed by atoms with E-state index in [0.29, 0.717) is 13.0 Å². The van der Waals surface area contributed by atoms with Crippen molar-refractivity contribution in [3.8, 4) is 0 Å². The van der Waals surface area contributed by atoms with E-state index in [1.807, 2.05) is 19.1 Å². The van der Waals surface area contributed by atoms with E-state index in [4.69, 9.17) is 4.52 Å². The lowest BCUT2D eigenvalue weighted by atomic mass is 9.97. The monoisotopic (exact) mass is 230 g/mol. The number of carbonyl (C=O) groups excluding carboxylic acids is 1. The standard InChI is InChI=1S/C13H14N2O2/c1-9-7-11-12(3-2-4-13(11)16)15(9)8-10-5-6-14-17-10/h5-7H,2-4,8H2,1H3. The summed E-state index contributed by atoms with van der Waals surface area (Å²) in [5, 5.41) is 3.70. The van der Waals surface area contributed by atoms with Gasteiger partial charge in [-0.1, -0.05) is 5.16 Å². The minimum absolute atomic E-state index is 0.269. The molecular weight excluding hydrogens is 216 g/mol. The van der Waals surface area contributed by atoms with Gasteiger partial charge in [0.15, 0.2) is 11.5 Å². The van der Waals surface area contributed by atoms with Crippen molar-refractivity contribution in [1.29, 1.82) is 0 Å². The molecule has 0 N–H and O–H groups in total. The topological polar surface area (TPSA) is 48.0 Å². The number of ketones is 1. The van der Waals surface area contributed by atoms with Crippen LogP contribution in [0.4, 0.5) is 0 Å². The number of hydrogen-bond acceptors (Lipinski definition) is 3. The molecule has 17 heavy (non-hydrogen) atoms. The van der Waals surface area contributed by atoms with Crippen LogP contribution in [0.5, 0.6) is 0 Å². The average molecular weight is 230 g/mol. The summed E-state index contributed by atoms with van der Waals surface area (Å²) in [6.45, 7) is 2.69. The van der Waals surface area contributed by atoms with E-state index in [-0.39, 0.29) is 5.78 Å². The number of rotatable bonds is 2. The molecule has 0 fully saturated rings. The first-order valence-corrected chi connectivity index (χ1v) is 5.87. The van der Waals surface area contributed by atoms with E-state index in [1.54, 1.807) is 6.20 Å². The first-order valence-electron chi connectivity index (χ1n) is 5.87. The van der Waals surface area contributed by atoms with Crippen LogP contribution >= 0.6 is 0 Å². The van der Waals surface area contributed by atoms with Crippen molar-refractivity contribution in [3.05, 3.63) is 41.0 Å². The van der Waals surface area contributed by atoms with Crippen LogP contribution in [0.2, 0.25) is 0 Å². The van der Waals surface area contributed by atoms with Gasteiger partial charge in [0, 0.05) is 29.4 Å². The van der Waals surface area contributed by atoms with Gasteiger partial charge < -0.3 is 9.09 Å². The fraction of sp³-hybridized carbons (Fsp3) is 0.385. The Morgan fingerprint density at radius 2 is 2.35 bits per heavy atom. The number of Topliss-reactive ketones (excluding diaryl/α,β-unsaturated/α-hetero) is 1. The first kappa shape index (κ1) is 10.3. The number of aromatic nitrogens is 2. The van der Waals surface area contributed by atoms with Gasteiger partial charge in [0.05, 0.1) is 12.7 Å². The van der Waals surface area contributed by atoms with Crippen molar-refractivity contribution in [2.24, 2.45) is 0 Å². The highest BCUT2D eigenvalue weighted by Gasteiger charge is 2.22. The summed E-state index contributed by atoms with van der Waals surface area (Å²) in [6.07, 6.45) is 4.25. The van der Waals surface area contributed by atoms with E-state index in [9.17, 15) is 4.79 Å². The lowest BCUT2D eigenvalue weighted by molar-refractivity contribution is 0.0971. The van der Waals surface area contributed by atoms with Gasteiger partial charge in [-0.05, 0) is 25.8 Å². The van der Waals surface area contributed by atoms with E-state index in [2.05, 4.69) is 9.72 Å². The molecule has 0 radical (unpaired) electrons. The van der Waals surface area contributed by atoms with E-state index in [0.717, 1.165) is 35.6 Å². The Morgan fingerprint density at radius 3 is 3.12 bits per heavy atom. The molecule has 0 saturated carbocycles. The van der Waals surface area contributed by atoms with Gasteiger partial charge in [0.1, 0.15) is 0 Å². The fourth-order valence-electron chi connectivity index (χ4n) is 2.49. The molecule has 2 aromatic heterocycles. The van der Waals surface area contributed by atoms with Crippen LogP contribution in [0, 0.1) is 6.92 Å². The second-order valence-electron chi connectivity index (χ2n) is 4.49. The number of nitrogens with zero attached hydrogens (tertiary/aromatic N) is 2. The summed E-state index contributed by atoms with van der Waals surface area (Å²) in [5.74, 6) is 1.09. The highest BCUT2D eigenvalue weighted by Crippen LogP contribution is 2.25. The molecular formula is C13H14N2O2. The summed E-state index contributed by atoms with van der Waals surface area (Å²) in [4.78, 5) is 11.8. The lowest BCUT2D eigenvalue weighted by Gasteiger charge is -2.14. The minimum Gasteiger partial charge on any atom is -0.359 e. The van der Waals surface area contributed by atoms with Crippen LogP contribution in [-0.4, -0.2) is 15.5 Å². The molecule has 88 valence electrons. The van der Waals surface area contributed by atoms with Crippen LogP contribution in [0.1, 0.15) is 40.3 Å². The number of carbonyl (C=O) groups is 1. The molecule has 2 heterocycles. The zero-order chi connectivity index (χ0) is 11.8. The Balaban J connectivity index is 2.02. The third-order valence-electron chi connectivity index (χ3n) is 3.34. The van der Waals surface area contributed by atoms with E-state index >= 15 is 0 Å². The third-order valence-corrected chi connectivity index (χ3v) is 3.34. The molecule has 0 bridgehead atoms. The fourth-order valence-corrected chi connectivity index (χ4v) is 2.49. The van der Waals surface area contributed by atoms with Crippen LogP contribution in [-0.2, 0) is 13.0 Å². The van der Waals surface area contributed by atoms with Gasteiger partial charge >= 0.3 is 0 Å². The summed E-state index contributed by atoms with van der Waals surface area (Å²) < 4.78 is 7.28. The van der Waals surface area contributed by atoms with Crippen molar-refractivity contribution < 1.29 is 9.32 Å². The Labute approximate surface area is 99.2 Å². The molecule has 1 aliphatic carbocycles. The zero-order valence-electron chi connectivity index (χ0n) is 9.77. The van der Waals surface area contributed by atoms with Crippen molar-refractivity contribution >= 4 is 5.78 Å². The van der Waals surface area contributed by atoms with E-state index < -0.39 is 0 Å². The van der Waals surface area contributed by atoms with Gasteiger partial charge in [-0.15, -0.1) is 0 Å². The summed E-state index contributed by atoms with van der Waals surface area (Å²) in [6, 6.07) is 3.85. The van der Waals surface area contributed by atoms with Gasteiger partial charge in [-0.25, -0.2) is 0 Å². The van der Waals surface area contributed by atoms with Crippen molar-refractivity contribution in [2.75, 3.05) is 0 Å². The Morgan fingerprint density at radius 1 is 1.47 bits per heavy atom. The Hall–Kier alpha value is -1.84. The first-order chi connectivity index (χ1) is 8.25. The van der Waals surface area contributed by atoms with Gasteiger partial charge in [0.2, 0.25) is 0 Å².